The highest BCUT2D eigenvalue weighted by Gasteiger charge is 2.46. The first-order valence-corrected chi connectivity index (χ1v) is 10.6. The van der Waals surface area contributed by atoms with Crippen molar-refractivity contribution < 1.29 is 17.2 Å². The number of nitriles is 1. The zero-order chi connectivity index (χ0) is 19.4. The van der Waals surface area contributed by atoms with Crippen LogP contribution in [0, 0.1) is 11.3 Å². The first-order chi connectivity index (χ1) is 12.7. The fourth-order valence-corrected chi connectivity index (χ4v) is 4.98. The summed E-state index contributed by atoms with van der Waals surface area (Å²) in [7, 11) is -3.95. The van der Waals surface area contributed by atoms with E-state index >= 15 is 0 Å². The summed E-state index contributed by atoms with van der Waals surface area (Å²) in [4.78, 5) is 4.15. The minimum atomic E-state index is -3.95. The summed E-state index contributed by atoms with van der Waals surface area (Å²) in [6.45, 7) is 0. The molecule has 1 N–H and O–H groups in total. The maximum Gasteiger partial charge on any atom is 0.291 e. The quantitative estimate of drug-likeness (QED) is 0.607. The summed E-state index contributed by atoms with van der Waals surface area (Å²) in [5.41, 5.74) is -0.531. The smallest absolute Gasteiger partial charge is 0.291 e. The summed E-state index contributed by atoms with van der Waals surface area (Å²) >= 11 is 3.94. The second-order valence-electron chi connectivity index (χ2n) is 5.89. The number of aromatic nitrogens is 4. The van der Waals surface area contributed by atoms with Crippen LogP contribution in [0.15, 0.2) is 27.8 Å². The molecule has 0 radical (unpaired) electrons. The normalized spacial score (nSPS) is 16.0. The third kappa shape index (κ3) is 3.22. The van der Waals surface area contributed by atoms with Crippen LogP contribution in [0.3, 0.4) is 0 Å². The van der Waals surface area contributed by atoms with Crippen LogP contribution in [0.5, 0.6) is 0 Å². The maximum absolute atomic E-state index is 12.8. The first kappa shape index (κ1) is 18.4. The maximum atomic E-state index is 12.8. The molecule has 1 fully saturated rings. The zero-order valence-electron chi connectivity index (χ0n) is 13.2. The van der Waals surface area contributed by atoms with Gasteiger partial charge in [-0.15, -0.1) is 10.2 Å². The second-order valence-corrected chi connectivity index (χ2v) is 9.33. The molecule has 1 saturated carbocycles. The van der Waals surface area contributed by atoms with Crippen LogP contribution in [0.2, 0.25) is 0 Å². The fraction of sp³-hybridized carbons (Fsp3) is 0.286. The molecular formula is C14H9BrF2N6O2S2. The number of nitrogens with zero attached hydrogens (tertiary/aromatic N) is 5. The summed E-state index contributed by atoms with van der Waals surface area (Å²) < 4.78 is 55.0. The molecule has 0 amide bonds. The third-order valence-electron chi connectivity index (χ3n) is 3.99. The zero-order valence-corrected chi connectivity index (χ0v) is 16.4. The lowest BCUT2D eigenvalue weighted by atomic mass is 10.3. The van der Waals surface area contributed by atoms with Crippen LogP contribution in [-0.2, 0) is 10.0 Å². The van der Waals surface area contributed by atoms with Crippen molar-refractivity contribution in [2.45, 2.75) is 29.7 Å². The molecule has 140 valence electrons. The first-order valence-electron chi connectivity index (χ1n) is 7.49. The molecule has 0 saturated heterocycles. The van der Waals surface area contributed by atoms with Crippen molar-refractivity contribution in [1.82, 2.24) is 24.3 Å². The average Bonchev–Trinajstić information content (AvgIpc) is 3.07. The van der Waals surface area contributed by atoms with Gasteiger partial charge in [-0.3, -0.25) is 4.40 Å². The van der Waals surface area contributed by atoms with Crippen LogP contribution in [0.25, 0.3) is 16.3 Å². The van der Waals surface area contributed by atoms with Gasteiger partial charge < -0.3 is 0 Å². The highest BCUT2D eigenvalue weighted by molar-refractivity contribution is 9.10. The molecule has 3 heterocycles. The van der Waals surface area contributed by atoms with Gasteiger partial charge in [0.05, 0.1) is 16.5 Å². The van der Waals surface area contributed by atoms with Crippen LogP contribution in [0.1, 0.15) is 24.3 Å². The number of hydrogen-bond donors (Lipinski definition) is 1. The van der Waals surface area contributed by atoms with Crippen LogP contribution in [0.4, 0.5) is 8.78 Å². The molecule has 0 atom stereocenters. The van der Waals surface area contributed by atoms with Crippen LogP contribution in [-0.4, -0.2) is 33.5 Å². The van der Waals surface area contributed by atoms with E-state index < -0.39 is 27.0 Å². The van der Waals surface area contributed by atoms with Crippen molar-refractivity contribution >= 4 is 42.8 Å². The van der Waals surface area contributed by atoms with Crippen molar-refractivity contribution in [2.24, 2.45) is 0 Å². The Hall–Kier alpha value is -2.01. The lowest BCUT2D eigenvalue weighted by molar-refractivity contribution is 0.150. The minimum absolute atomic E-state index is 0.0822. The number of alkyl halides is 2. The van der Waals surface area contributed by atoms with Crippen LogP contribution < -0.4 is 4.72 Å². The van der Waals surface area contributed by atoms with Gasteiger partial charge >= 0.3 is 0 Å². The number of pyridine rings is 1. The molecule has 1 aliphatic carbocycles. The lowest BCUT2D eigenvalue weighted by Gasteiger charge is -2.10. The van der Waals surface area contributed by atoms with Gasteiger partial charge in [-0.1, -0.05) is 11.3 Å². The van der Waals surface area contributed by atoms with Gasteiger partial charge in [0.15, 0.2) is 15.8 Å². The van der Waals surface area contributed by atoms with E-state index in [1.807, 2.05) is 6.07 Å². The lowest BCUT2D eigenvalue weighted by Crippen LogP contribution is -2.35. The Labute approximate surface area is 164 Å². The largest absolute Gasteiger partial charge is 0.295 e. The molecule has 0 bridgehead atoms. The van der Waals surface area contributed by atoms with E-state index in [9.17, 15) is 17.2 Å². The Bertz CT molecular complexity index is 1200. The van der Waals surface area contributed by atoms with Gasteiger partial charge in [-0.25, -0.2) is 22.2 Å². The predicted molar refractivity (Wildman–Crippen MR) is 94.7 cm³/mol. The molecule has 3 aromatic heterocycles. The Morgan fingerprint density at radius 1 is 1.37 bits per heavy atom. The molecule has 13 heteroatoms. The number of rotatable bonds is 5. The van der Waals surface area contributed by atoms with E-state index in [2.05, 4.69) is 35.8 Å². The molecule has 0 unspecified atom stereocenters. The predicted octanol–water partition coefficient (Wildman–Crippen LogP) is 2.89. The summed E-state index contributed by atoms with van der Waals surface area (Å²) in [6, 6.07) is 4.87. The number of sulfonamides is 1. The number of imidazole rings is 1. The monoisotopic (exact) mass is 474 g/mol. The molecule has 1 aliphatic rings. The number of hydrogen-bond acceptors (Lipinski definition) is 7. The van der Waals surface area contributed by atoms with Gasteiger partial charge in [0, 0.05) is 6.20 Å². The molecule has 0 spiro atoms. The highest BCUT2D eigenvalue weighted by Crippen LogP contribution is 2.36. The Kier molecular flexibility index (Phi) is 4.26. The highest BCUT2D eigenvalue weighted by atomic mass is 79.9. The molecule has 0 aromatic carbocycles. The van der Waals surface area contributed by atoms with Crippen molar-refractivity contribution in [3.05, 3.63) is 27.9 Å². The van der Waals surface area contributed by atoms with E-state index in [0.29, 0.717) is 34.3 Å². The van der Waals surface area contributed by atoms with E-state index in [1.54, 1.807) is 0 Å². The standard InChI is InChI=1S/C14H9BrF2N6O2S2/c15-9-8-2-1-7(27(24,25)22-14(6-18)3-4-14)5-23(8)11(19-9)13-21-20-12(26-13)10(16)17/h1-2,5,10,22H,3-4H2. The van der Waals surface area contributed by atoms with Gasteiger partial charge in [0.1, 0.15) is 10.1 Å². The van der Waals surface area contributed by atoms with Gasteiger partial charge in [-0.2, -0.15) is 9.98 Å². The third-order valence-corrected chi connectivity index (χ3v) is 7.02. The second kappa shape index (κ2) is 6.26. The van der Waals surface area contributed by atoms with Crippen LogP contribution >= 0.6 is 27.3 Å². The number of halogens is 3. The number of nitrogens with one attached hydrogen (secondary N) is 1. The Morgan fingerprint density at radius 2 is 2.11 bits per heavy atom. The van der Waals surface area contributed by atoms with Gasteiger partial charge in [0.25, 0.3) is 6.43 Å². The van der Waals surface area contributed by atoms with Crippen molar-refractivity contribution in [2.75, 3.05) is 0 Å². The SMILES string of the molecule is N#CC1(NS(=O)(=O)c2ccc3c(Br)nc(-c4nnc(C(F)F)s4)n3c2)CC1. The molecule has 3 aromatic rings. The molecule has 4 rings (SSSR count). The Balaban J connectivity index is 1.81. The molecule has 27 heavy (non-hydrogen) atoms. The number of fused-ring (bicyclic) bond motifs is 1. The summed E-state index contributed by atoms with van der Waals surface area (Å²) in [5, 5.41) is 15.9. The Morgan fingerprint density at radius 3 is 2.70 bits per heavy atom. The van der Waals surface area contributed by atoms with E-state index in [0.717, 1.165) is 0 Å². The van der Waals surface area contributed by atoms with Gasteiger partial charge in [0.2, 0.25) is 10.0 Å². The minimum Gasteiger partial charge on any atom is -0.295 e. The molecule has 0 aliphatic heterocycles. The molecular weight excluding hydrogens is 466 g/mol. The van der Waals surface area contributed by atoms with Crippen molar-refractivity contribution in [3.8, 4) is 16.9 Å². The van der Waals surface area contributed by atoms with E-state index in [4.69, 9.17) is 5.26 Å². The van der Waals surface area contributed by atoms with E-state index in [-0.39, 0.29) is 15.7 Å². The fourth-order valence-electron chi connectivity index (χ4n) is 2.43. The van der Waals surface area contributed by atoms with Crippen molar-refractivity contribution in [3.63, 3.8) is 0 Å². The summed E-state index contributed by atoms with van der Waals surface area (Å²) in [6.07, 6.45) is -0.546. The van der Waals surface area contributed by atoms with E-state index in [1.165, 1.54) is 22.7 Å². The van der Waals surface area contributed by atoms with Gasteiger partial charge in [-0.05, 0) is 40.9 Å². The topological polar surface area (TPSA) is 113 Å². The summed E-state index contributed by atoms with van der Waals surface area (Å²) in [5.74, 6) is 0.180. The van der Waals surface area contributed by atoms with Crippen molar-refractivity contribution in [1.29, 1.82) is 5.26 Å². The molecule has 8 nitrogen and oxygen atoms in total. The average molecular weight is 475 g/mol.